The molecule has 0 fully saturated rings. The van der Waals surface area contributed by atoms with E-state index in [1.54, 1.807) is 0 Å². The summed E-state index contributed by atoms with van der Waals surface area (Å²) in [5, 5.41) is 4.94. The molecule has 0 radical (unpaired) electrons. The third kappa shape index (κ3) is 3.37. The van der Waals surface area contributed by atoms with E-state index in [1.807, 2.05) is 11.3 Å². The molecule has 112 valence electrons. The van der Waals surface area contributed by atoms with Gasteiger partial charge in [-0.25, -0.2) is 0 Å². The highest BCUT2D eigenvalue weighted by molar-refractivity contribution is 7.19. The van der Waals surface area contributed by atoms with Crippen molar-refractivity contribution in [2.24, 2.45) is 0 Å². The molecule has 1 aromatic heterocycles. The maximum atomic E-state index is 3.49. The second-order valence-corrected chi connectivity index (χ2v) is 6.95. The number of fused-ring (bicyclic) bond motifs is 1. The first-order chi connectivity index (χ1) is 10.3. The van der Waals surface area contributed by atoms with E-state index < -0.39 is 0 Å². The van der Waals surface area contributed by atoms with E-state index >= 15 is 0 Å². The summed E-state index contributed by atoms with van der Waals surface area (Å²) in [6.45, 7) is 9.80. The molecule has 2 aromatic rings. The van der Waals surface area contributed by atoms with Gasteiger partial charge in [0.2, 0.25) is 0 Å². The van der Waals surface area contributed by atoms with Gasteiger partial charge < -0.3 is 5.32 Å². The van der Waals surface area contributed by atoms with Gasteiger partial charge in [-0.2, -0.15) is 0 Å². The predicted molar refractivity (Wildman–Crippen MR) is 92.9 cm³/mol. The summed E-state index contributed by atoms with van der Waals surface area (Å²) in [7, 11) is 0. The maximum absolute atomic E-state index is 3.49. The second-order valence-electron chi connectivity index (χ2n) is 5.82. The summed E-state index contributed by atoms with van der Waals surface area (Å²) in [5.41, 5.74) is 3.07. The fourth-order valence-corrected chi connectivity index (χ4v) is 4.07. The molecule has 0 unspecified atom stereocenters. The first-order valence-corrected chi connectivity index (χ1v) is 8.67. The zero-order chi connectivity index (χ0) is 14.7. The number of nitrogens with zero attached hydrogens (tertiary/aromatic N) is 1. The van der Waals surface area contributed by atoms with Crippen molar-refractivity contribution in [1.29, 1.82) is 0 Å². The Hall–Kier alpha value is -1.16. The number of nitrogens with one attached hydrogen (secondary N) is 1. The molecule has 0 saturated heterocycles. The van der Waals surface area contributed by atoms with Crippen molar-refractivity contribution in [1.82, 2.24) is 10.2 Å². The van der Waals surface area contributed by atoms with Crippen LogP contribution in [0.5, 0.6) is 0 Å². The summed E-state index contributed by atoms with van der Waals surface area (Å²) in [6, 6.07) is 8.84. The standard InChI is InChI=1S/C18H24N2S/c1-3-19-12-18-16(13-20-10-8-14(2)9-11-20)15-6-4-5-7-17(15)21-18/h4-8,19H,3,9-13H2,1-2H3. The Kier molecular flexibility index (Phi) is 4.73. The number of thiophene rings is 1. The van der Waals surface area contributed by atoms with Gasteiger partial charge in [-0.1, -0.05) is 36.8 Å². The average Bonchev–Trinajstić information content (AvgIpc) is 2.85. The minimum Gasteiger partial charge on any atom is -0.312 e. The fraction of sp³-hybridized carbons (Fsp3) is 0.444. The Labute approximate surface area is 131 Å². The van der Waals surface area contributed by atoms with Gasteiger partial charge in [0.1, 0.15) is 0 Å². The Morgan fingerprint density at radius 1 is 1.29 bits per heavy atom. The van der Waals surface area contributed by atoms with Crippen molar-refractivity contribution in [2.45, 2.75) is 33.4 Å². The molecular formula is C18H24N2S. The van der Waals surface area contributed by atoms with Gasteiger partial charge in [0, 0.05) is 35.8 Å². The molecule has 1 N–H and O–H groups in total. The van der Waals surface area contributed by atoms with E-state index in [-0.39, 0.29) is 0 Å². The molecule has 0 saturated carbocycles. The first-order valence-electron chi connectivity index (χ1n) is 7.86. The number of hydrogen-bond donors (Lipinski definition) is 1. The first kappa shape index (κ1) is 14.8. The normalized spacial score (nSPS) is 16.4. The minimum atomic E-state index is 0.994. The molecule has 2 nitrogen and oxygen atoms in total. The zero-order valence-electron chi connectivity index (χ0n) is 13.0. The largest absolute Gasteiger partial charge is 0.312 e. The Morgan fingerprint density at radius 2 is 2.14 bits per heavy atom. The Morgan fingerprint density at radius 3 is 2.90 bits per heavy atom. The van der Waals surface area contributed by atoms with Gasteiger partial charge in [0.25, 0.3) is 0 Å². The molecule has 21 heavy (non-hydrogen) atoms. The summed E-state index contributed by atoms with van der Waals surface area (Å²) >= 11 is 1.95. The third-order valence-electron chi connectivity index (χ3n) is 4.22. The zero-order valence-corrected chi connectivity index (χ0v) is 13.8. The van der Waals surface area contributed by atoms with E-state index in [4.69, 9.17) is 0 Å². The van der Waals surface area contributed by atoms with Gasteiger partial charge in [0.15, 0.2) is 0 Å². The molecule has 0 bridgehead atoms. The van der Waals surface area contributed by atoms with E-state index in [0.29, 0.717) is 0 Å². The van der Waals surface area contributed by atoms with Crippen LogP contribution in [-0.2, 0) is 13.1 Å². The van der Waals surface area contributed by atoms with Crippen LogP contribution in [0, 0.1) is 0 Å². The lowest BCUT2D eigenvalue weighted by molar-refractivity contribution is 0.286. The second kappa shape index (κ2) is 6.73. The van der Waals surface area contributed by atoms with Crippen LogP contribution in [0.1, 0.15) is 30.7 Å². The average molecular weight is 300 g/mol. The lowest BCUT2D eigenvalue weighted by Gasteiger charge is -2.25. The molecule has 1 aliphatic rings. The Bertz CT molecular complexity index is 642. The highest BCUT2D eigenvalue weighted by Gasteiger charge is 2.16. The van der Waals surface area contributed by atoms with Crippen LogP contribution >= 0.6 is 11.3 Å². The molecular weight excluding hydrogens is 276 g/mol. The van der Waals surface area contributed by atoms with Crippen LogP contribution in [0.4, 0.5) is 0 Å². The Balaban J connectivity index is 1.87. The monoisotopic (exact) mass is 300 g/mol. The van der Waals surface area contributed by atoms with Gasteiger partial charge >= 0.3 is 0 Å². The molecule has 1 aromatic carbocycles. The van der Waals surface area contributed by atoms with Crippen molar-refractivity contribution in [2.75, 3.05) is 19.6 Å². The summed E-state index contributed by atoms with van der Waals surface area (Å²) in [5.74, 6) is 0. The number of hydrogen-bond acceptors (Lipinski definition) is 3. The lowest BCUT2D eigenvalue weighted by Crippen LogP contribution is -2.28. The summed E-state index contributed by atoms with van der Waals surface area (Å²) < 4.78 is 1.42. The SMILES string of the molecule is CCNCc1sc2ccccc2c1CN1CC=C(C)CC1. The van der Waals surface area contributed by atoms with Crippen LogP contribution in [0.3, 0.4) is 0 Å². The van der Waals surface area contributed by atoms with E-state index in [1.165, 1.54) is 39.1 Å². The van der Waals surface area contributed by atoms with Gasteiger partial charge in [-0.15, -0.1) is 11.3 Å². The van der Waals surface area contributed by atoms with E-state index in [2.05, 4.69) is 54.4 Å². The molecule has 0 atom stereocenters. The van der Waals surface area contributed by atoms with Crippen molar-refractivity contribution >= 4 is 21.4 Å². The maximum Gasteiger partial charge on any atom is 0.0349 e. The van der Waals surface area contributed by atoms with Crippen molar-refractivity contribution < 1.29 is 0 Å². The lowest BCUT2D eigenvalue weighted by atomic mass is 10.1. The highest BCUT2D eigenvalue weighted by Crippen LogP contribution is 2.32. The van der Waals surface area contributed by atoms with E-state index in [9.17, 15) is 0 Å². The van der Waals surface area contributed by atoms with Crippen LogP contribution in [0.25, 0.3) is 10.1 Å². The smallest absolute Gasteiger partial charge is 0.0349 e. The molecule has 1 aliphatic heterocycles. The summed E-state index contributed by atoms with van der Waals surface area (Å²) in [6.07, 6.45) is 3.59. The van der Waals surface area contributed by atoms with Crippen molar-refractivity contribution in [3.05, 3.63) is 46.4 Å². The van der Waals surface area contributed by atoms with Gasteiger partial charge in [0.05, 0.1) is 0 Å². The highest BCUT2D eigenvalue weighted by atomic mass is 32.1. The van der Waals surface area contributed by atoms with Crippen LogP contribution < -0.4 is 5.32 Å². The molecule has 0 amide bonds. The topological polar surface area (TPSA) is 15.3 Å². The van der Waals surface area contributed by atoms with Crippen LogP contribution in [0.2, 0.25) is 0 Å². The van der Waals surface area contributed by atoms with Gasteiger partial charge in [-0.05, 0) is 36.9 Å². The molecule has 0 aliphatic carbocycles. The third-order valence-corrected chi connectivity index (χ3v) is 5.43. The summed E-state index contributed by atoms with van der Waals surface area (Å²) in [4.78, 5) is 4.07. The molecule has 2 heterocycles. The molecule has 0 spiro atoms. The quantitative estimate of drug-likeness (QED) is 0.834. The van der Waals surface area contributed by atoms with Gasteiger partial charge in [-0.3, -0.25) is 4.90 Å². The fourth-order valence-electron chi connectivity index (χ4n) is 2.88. The predicted octanol–water partition coefficient (Wildman–Crippen LogP) is 4.16. The van der Waals surface area contributed by atoms with Crippen molar-refractivity contribution in [3.63, 3.8) is 0 Å². The minimum absolute atomic E-state index is 0.994. The number of benzene rings is 1. The molecule has 3 heteroatoms. The molecule has 3 rings (SSSR count). The van der Waals surface area contributed by atoms with Crippen molar-refractivity contribution in [3.8, 4) is 0 Å². The van der Waals surface area contributed by atoms with Crippen LogP contribution in [-0.4, -0.2) is 24.5 Å². The number of rotatable bonds is 5. The van der Waals surface area contributed by atoms with Crippen LogP contribution in [0.15, 0.2) is 35.9 Å². The van der Waals surface area contributed by atoms with E-state index in [0.717, 1.165) is 26.2 Å².